The predicted molar refractivity (Wildman–Crippen MR) is 92.7 cm³/mol. The maximum Gasteiger partial charge on any atom is 0.303 e. The number of hydrogen-bond donors (Lipinski definition) is 2. The van der Waals surface area contributed by atoms with E-state index in [1.54, 1.807) is 0 Å². The highest BCUT2D eigenvalue weighted by molar-refractivity contribution is 5.88. The Labute approximate surface area is 149 Å². The monoisotopic (exact) mass is 367 g/mol. The third kappa shape index (κ3) is 6.75. The van der Waals surface area contributed by atoms with Crippen molar-refractivity contribution in [2.24, 2.45) is 5.10 Å². The molecule has 0 saturated carbocycles. The number of ether oxygens (including phenoxy) is 2. The summed E-state index contributed by atoms with van der Waals surface area (Å²) in [6.45, 7) is 0. The summed E-state index contributed by atoms with van der Waals surface area (Å²) >= 11 is 0. The highest BCUT2D eigenvalue weighted by Crippen LogP contribution is 2.33. The number of hydrogen-bond acceptors (Lipinski definition) is 7. The standard InChI is InChI=1S/C16H21N3O7/c1-25-13-8-11(12(19(23)24)9-14(13)26-2)10-17-18-15(20)6-4-3-5-7-16(21)22/h8-10H,3-7H2,1-2H3,(H,18,20)(H,21,22)/b17-10+. The van der Waals surface area contributed by atoms with Gasteiger partial charge >= 0.3 is 5.97 Å². The molecule has 0 aromatic heterocycles. The molecule has 10 heteroatoms. The molecule has 142 valence electrons. The third-order valence-electron chi connectivity index (χ3n) is 3.42. The minimum Gasteiger partial charge on any atom is -0.493 e. The van der Waals surface area contributed by atoms with E-state index in [1.165, 1.54) is 26.4 Å². The van der Waals surface area contributed by atoms with Gasteiger partial charge in [-0.15, -0.1) is 0 Å². The highest BCUT2D eigenvalue weighted by Gasteiger charge is 2.18. The number of unbranched alkanes of at least 4 members (excludes halogenated alkanes) is 2. The number of nitrogens with one attached hydrogen (secondary N) is 1. The third-order valence-corrected chi connectivity index (χ3v) is 3.42. The molecule has 0 atom stereocenters. The highest BCUT2D eigenvalue weighted by atomic mass is 16.6. The summed E-state index contributed by atoms with van der Waals surface area (Å²) in [7, 11) is 2.77. The molecule has 1 aromatic carbocycles. The Bertz CT molecular complexity index is 689. The minimum absolute atomic E-state index is 0.0722. The lowest BCUT2D eigenvalue weighted by molar-refractivity contribution is -0.385. The van der Waals surface area contributed by atoms with Crippen LogP contribution in [0, 0.1) is 10.1 Å². The number of carboxylic acids is 1. The van der Waals surface area contributed by atoms with Gasteiger partial charge in [-0.25, -0.2) is 5.43 Å². The second kappa shape index (κ2) is 10.6. The van der Waals surface area contributed by atoms with Gasteiger partial charge in [-0.05, 0) is 18.9 Å². The Kier molecular flexibility index (Phi) is 8.55. The number of hydrazone groups is 1. The first-order valence-electron chi connectivity index (χ1n) is 7.83. The molecule has 26 heavy (non-hydrogen) atoms. The number of nitrogens with zero attached hydrogens (tertiary/aromatic N) is 2. The number of methoxy groups -OCH3 is 2. The molecule has 0 fully saturated rings. The number of nitro groups is 1. The Morgan fingerprint density at radius 3 is 2.38 bits per heavy atom. The average molecular weight is 367 g/mol. The molecule has 0 unspecified atom stereocenters. The van der Waals surface area contributed by atoms with E-state index in [2.05, 4.69) is 10.5 Å². The van der Waals surface area contributed by atoms with Crippen LogP contribution in [0.3, 0.4) is 0 Å². The maximum absolute atomic E-state index is 11.7. The smallest absolute Gasteiger partial charge is 0.303 e. The number of rotatable bonds is 11. The van der Waals surface area contributed by atoms with Crippen molar-refractivity contribution in [2.75, 3.05) is 14.2 Å². The molecular formula is C16H21N3O7. The number of carbonyl (C=O) groups is 2. The fourth-order valence-electron chi connectivity index (χ4n) is 2.11. The van der Waals surface area contributed by atoms with Crippen LogP contribution < -0.4 is 14.9 Å². The molecule has 0 aliphatic heterocycles. The number of aliphatic carboxylic acids is 1. The lowest BCUT2D eigenvalue weighted by atomic mass is 10.1. The van der Waals surface area contributed by atoms with E-state index in [1.807, 2.05) is 0 Å². The van der Waals surface area contributed by atoms with Crippen molar-refractivity contribution >= 4 is 23.8 Å². The van der Waals surface area contributed by atoms with Gasteiger partial charge in [-0.2, -0.15) is 5.10 Å². The summed E-state index contributed by atoms with van der Waals surface area (Å²) < 4.78 is 10.1. The van der Waals surface area contributed by atoms with Crippen LogP contribution in [0.25, 0.3) is 0 Å². The van der Waals surface area contributed by atoms with E-state index < -0.39 is 10.9 Å². The quantitative estimate of drug-likeness (QED) is 0.264. The van der Waals surface area contributed by atoms with Crippen molar-refractivity contribution in [1.29, 1.82) is 0 Å². The molecular weight excluding hydrogens is 346 g/mol. The van der Waals surface area contributed by atoms with E-state index in [4.69, 9.17) is 14.6 Å². The van der Waals surface area contributed by atoms with Gasteiger partial charge < -0.3 is 14.6 Å². The van der Waals surface area contributed by atoms with Crippen LogP contribution in [0.4, 0.5) is 5.69 Å². The Morgan fingerprint density at radius 2 is 1.81 bits per heavy atom. The molecule has 0 bridgehead atoms. The van der Waals surface area contributed by atoms with Crippen LogP contribution in [0.5, 0.6) is 11.5 Å². The average Bonchev–Trinajstić information content (AvgIpc) is 2.60. The van der Waals surface area contributed by atoms with Gasteiger partial charge in [-0.1, -0.05) is 6.42 Å². The minimum atomic E-state index is -0.865. The first-order valence-corrected chi connectivity index (χ1v) is 7.83. The zero-order chi connectivity index (χ0) is 19.5. The van der Waals surface area contributed by atoms with Crippen LogP contribution >= 0.6 is 0 Å². The zero-order valence-corrected chi connectivity index (χ0v) is 14.6. The maximum atomic E-state index is 11.7. The lowest BCUT2D eigenvalue weighted by Gasteiger charge is -2.08. The second-order valence-electron chi connectivity index (χ2n) is 5.27. The first kappa shape index (κ1) is 20.9. The molecule has 0 radical (unpaired) electrons. The number of benzene rings is 1. The fourth-order valence-corrected chi connectivity index (χ4v) is 2.11. The van der Waals surface area contributed by atoms with Crippen LogP contribution in [0.2, 0.25) is 0 Å². The van der Waals surface area contributed by atoms with Gasteiger partial charge in [0.05, 0.1) is 37.0 Å². The molecule has 1 amide bonds. The molecule has 0 aliphatic carbocycles. The van der Waals surface area contributed by atoms with E-state index in [9.17, 15) is 19.7 Å². The van der Waals surface area contributed by atoms with E-state index in [0.717, 1.165) is 6.21 Å². The van der Waals surface area contributed by atoms with Gasteiger partial charge in [0.2, 0.25) is 5.91 Å². The number of amides is 1. The largest absolute Gasteiger partial charge is 0.493 e. The SMILES string of the molecule is COc1cc(/C=N/NC(=O)CCCCCC(=O)O)c([N+](=O)[O-])cc1OC. The van der Waals surface area contributed by atoms with Crippen LogP contribution in [0.15, 0.2) is 17.2 Å². The topological polar surface area (TPSA) is 140 Å². The van der Waals surface area contributed by atoms with E-state index in [0.29, 0.717) is 25.0 Å². The van der Waals surface area contributed by atoms with Gasteiger partial charge in [-0.3, -0.25) is 19.7 Å². The molecule has 0 heterocycles. The predicted octanol–water partition coefficient (Wildman–Crippen LogP) is 2.10. The van der Waals surface area contributed by atoms with Gasteiger partial charge in [0.15, 0.2) is 11.5 Å². The zero-order valence-electron chi connectivity index (χ0n) is 14.6. The number of carbonyl (C=O) groups excluding carboxylic acids is 1. The summed E-state index contributed by atoms with van der Waals surface area (Å²) in [4.78, 5) is 32.6. The van der Waals surface area contributed by atoms with Crippen LogP contribution in [-0.4, -0.2) is 42.3 Å². The second-order valence-corrected chi connectivity index (χ2v) is 5.27. The van der Waals surface area contributed by atoms with Crippen molar-refractivity contribution in [1.82, 2.24) is 5.43 Å². The molecule has 1 rings (SSSR count). The Balaban J connectivity index is 2.65. The Hall–Kier alpha value is -3.17. The summed E-state index contributed by atoms with van der Waals surface area (Å²) in [6.07, 6.45) is 3.07. The molecule has 1 aromatic rings. The normalized spacial score (nSPS) is 10.5. The van der Waals surface area contributed by atoms with E-state index >= 15 is 0 Å². The Morgan fingerprint density at radius 1 is 1.19 bits per heavy atom. The molecule has 2 N–H and O–H groups in total. The summed E-state index contributed by atoms with van der Waals surface area (Å²) in [5.74, 6) is -0.721. The molecule has 10 nitrogen and oxygen atoms in total. The van der Waals surface area contributed by atoms with Crippen molar-refractivity contribution in [3.8, 4) is 11.5 Å². The number of carboxylic acid groups (broad SMARTS) is 1. The lowest BCUT2D eigenvalue weighted by Crippen LogP contribution is -2.17. The van der Waals surface area contributed by atoms with E-state index in [-0.39, 0.29) is 35.7 Å². The molecule has 0 spiro atoms. The first-order chi connectivity index (χ1) is 12.4. The fraction of sp³-hybridized carbons (Fsp3) is 0.438. The number of nitro benzene ring substituents is 1. The van der Waals surface area contributed by atoms with Crippen molar-refractivity contribution in [3.63, 3.8) is 0 Å². The van der Waals surface area contributed by atoms with Crippen molar-refractivity contribution in [2.45, 2.75) is 32.1 Å². The van der Waals surface area contributed by atoms with Gasteiger partial charge in [0, 0.05) is 12.8 Å². The molecule has 0 aliphatic rings. The van der Waals surface area contributed by atoms with Crippen LogP contribution in [-0.2, 0) is 9.59 Å². The summed E-state index contributed by atoms with van der Waals surface area (Å²) in [6, 6.07) is 2.60. The van der Waals surface area contributed by atoms with Crippen molar-refractivity contribution in [3.05, 3.63) is 27.8 Å². The summed E-state index contributed by atoms with van der Waals surface area (Å²) in [5.41, 5.74) is 2.19. The van der Waals surface area contributed by atoms with Crippen LogP contribution in [0.1, 0.15) is 37.7 Å². The van der Waals surface area contributed by atoms with Crippen molar-refractivity contribution < 1.29 is 29.1 Å². The summed E-state index contributed by atoms with van der Waals surface area (Å²) in [5, 5.41) is 23.4. The van der Waals surface area contributed by atoms with Gasteiger partial charge in [0.25, 0.3) is 5.69 Å². The molecule has 0 saturated heterocycles. The van der Waals surface area contributed by atoms with Gasteiger partial charge in [0.1, 0.15) is 0 Å².